The lowest BCUT2D eigenvalue weighted by atomic mass is 9.79. The summed E-state index contributed by atoms with van der Waals surface area (Å²) in [6.45, 7) is 7.68. The van der Waals surface area contributed by atoms with Gasteiger partial charge in [0.25, 0.3) is 0 Å². The zero-order chi connectivity index (χ0) is 17.7. The summed E-state index contributed by atoms with van der Waals surface area (Å²) in [7, 11) is 0. The third-order valence-electron chi connectivity index (χ3n) is 4.71. The number of ketones is 1. The Hall–Kier alpha value is -1.59. The molecule has 0 saturated carbocycles. The SMILES string of the molecule is CC(=O)c1cccc(OCCCC(=O)N2CCC(N)C(C)(C)C2)c1.Cl. The number of benzene rings is 1. The number of carbonyl (C=O) groups is 2. The highest BCUT2D eigenvalue weighted by Crippen LogP contribution is 2.28. The Kier molecular flexibility index (Phi) is 7.90. The van der Waals surface area contributed by atoms with Crippen molar-refractivity contribution in [3.8, 4) is 5.75 Å². The average Bonchev–Trinajstić information content (AvgIpc) is 2.54. The van der Waals surface area contributed by atoms with Crippen molar-refractivity contribution in [1.29, 1.82) is 0 Å². The van der Waals surface area contributed by atoms with Crippen LogP contribution in [0.2, 0.25) is 0 Å². The molecule has 1 aliphatic rings. The predicted molar refractivity (Wildman–Crippen MR) is 101 cm³/mol. The molecule has 2 N–H and O–H groups in total. The Balaban J connectivity index is 0.00000312. The number of nitrogens with zero attached hydrogens (tertiary/aromatic N) is 1. The smallest absolute Gasteiger partial charge is 0.222 e. The Bertz CT molecular complexity index is 604. The monoisotopic (exact) mass is 368 g/mol. The van der Waals surface area contributed by atoms with E-state index in [1.165, 1.54) is 6.92 Å². The largest absolute Gasteiger partial charge is 0.494 e. The molecule has 0 radical (unpaired) electrons. The number of rotatable bonds is 6. The molecule has 0 spiro atoms. The molecule has 1 unspecified atom stereocenters. The maximum Gasteiger partial charge on any atom is 0.222 e. The molecule has 1 aromatic rings. The fourth-order valence-corrected chi connectivity index (χ4v) is 2.96. The zero-order valence-corrected chi connectivity index (χ0v) is 16.1. The second-order valence-electron chi connectivity index (χ2n) is 7.24. The van der Waals surface area contributed by atoms with E-state index in [1.54, 1.807) is 18.2 Å². The summed E-state index contributed by atoms with van der Waals surface area (Å²) >= 11 is 0. The lowest BCUT2D eigenvalue weighted by molar-refractivity contribution is -0.134. The van der Waals surface area contributed by atoms with E-state index in [0.29, 0.717) is 37.3 Å². The van der Waals surface area contributed by atoms with Gasteiger partial charge in [-0.2, -0.15) is 0 Å². The van der Waals surface area contributed by atoms with Crippen LogP contribution >= 0.6 is 12.4 Å². The summed E-state index contributed by atoms with van der Waals surface area (Å²) < 4.78 is 5.65. The van der Waals surface area contributed by atoms with Crippen molar-refractivity contribution in [3.05, 3.63) is 29.8 Å². The van der Waals surface area contributed by atoms with Gasteiger partial charge in [0.05, 0.1) is 6.61 Å². The van der Waals surface area contributed by atoms with Crippen LogP contribution in [0.1, 0.15) is 50.4 Å². The molecule has 6 heteroatoms. The lowest BCUT2D eigenvalue weighted by Crippen LogP contribution is -2.54. The molecule has 1 atom stereocenters. The summed E-state index contributed by atoms with van der Waals surface area (Å²) in [6.07, 6.45) is 1.98. The number of ether oxygens (including phenoxy) is 1. The van der Waals surface area contributed by atoms with Gasteiger partial charge in [0.15, 0.2) is 5.78 Å². The molecule has 1 heterocycles. The van der Waals surface area contributed by atoms with E-state index in [0.717, 1.165) is 13.0 Å². The first-order valence-electron chi connectivity index (χ1n) is 8.57. The molecule has 0 bridgehead atoms. The quantitative estimate of drug-likeness (QED) is 0.618. The van der Waals surface area contributed by atoms with Gasteiger partial charge in [0.2, 0.25) is 5.91 Å². The molecular weight excluding hydrogens is 340 g/mol. The highest BCUT2D eigenvalue weighted by molar-refractivity contribution is 5.94. The van der Waals surface area contributed by atoms with Gasteiger partial charge >= 0.3 is 0 Å². The molecule has 140 valence electrons. The van der Waals surface area contributed by atoms with E-state index in [-0.39, 0.29) is 35.6 Å². The number of amides is 1. The topological polar surface area (TPSA) is 72.6 Å². The molecule has 1 aliphatic heterocycles. The van der Waals surface area contributed by atoms with Gasteiger partial charge in [0, 0.05) is 31.1 Å². The maximum absolute atomic E-state index is 12.3. The highest BCUT2D eigenvalue weighted by Gasteiger charge is 2.34. The lowest BCUT2D eigenvalue weighted by Gasteiger charge is -2.42. The fourth-order valence-electron chi connectivity index (χ4n) is 2.96. The number of halogens is 1. The number of hydrogen-bond acceptors (Lipinski definition) is 4. The third kappa shape index (κ3) is 6.01. The van der Waals surface area contributed by atoms with Gasteiger partial charge in [0.1, 0.15) is 5.75 Å². The minimum Gasteiger partial charge on any atom is -0.494 e. The zero-order valence-electron chi connectivity index (χ0n) is 15.3. The van der Waals surface area contributed by atoms with Crippen LogP contribution in [0.15, 0.2) is 24.3 Å². The first-order chi connectivity index (χ1) is 11.3. The van der Waals surface area contributed by atoms with Crippen molar-refractivity contribution < 1.29 is 14.3 Å². The molecule has 0 aromatic heterocycles. The van der Waals surface area contributed by atoms with E-state index in [1.807, 2.05) is 11.0 Å². The van der Waals surface area contributed by atoms with Crippen LogP contribution in [0.25, 0.3) is 0 Å². The average molecular weight is 369 g/mol. The molecule has 1 fully saturated rings. The van der Waals surface area contributed by atoms with Crippen LogP contribution < -0.4 is 10.5 Å². The predicted octanol–water partition coefficient (Wildman–Crippen LogP) is 3.06. The molecule has 1 aromatic carbocycles. The van der Waals surface area contributed by atoms with Gasteiger partial charge in [-0.1, -0.05) is 26.0 Å². The highest BCUT2D eigenvalue weighted by atomic mass is 35.5. The van der Waals surface area contributed by atoms with Crippen LogP contribution in [0.5, 0.6) is 5.75 Å². The van der Waals surface area contributed by atoms with E-state index in [9.17, 15) is 9.59 Å². The number of nitrogens with two attached hydrogens (primary N) is 1. The van der Waals surface area contributed by atoms with Gasteiger partial charge in [-0.05, 0) is 37.3 Å². The summed E-state index contributed by atoms with van der Waals surface area (Å²) in [5.41, 5.74) is 6.72. The van der Waals surface area contributed by atoms with Crippen LogP contribution in [-0.2, 0) is 4.79 Å². The Morgan fingerprint density at radius 1 is 1.36 bits per heavy atom. The Morgan fingerprint density at radius 3 is 2.72 bits per heavy atom. The fraction of sp³-hybridized carbons (Fsp3) is 0.579. The van der Waals surface area contributed by atoms with E-state index < -0.39 is 0 Å². The molecule has 5 nitrogen and oxygen atoms in total. The van der Waals surface area contributed by atoms with Crippen LogP contribution in [0.3, 0.4) is 0 Å². The Morgan fingerprint density at radius 2 is 2.08 bits per heavy atom. The molecule has 1 saturated heterocycles. The summed E-state index contributed by atoms with van der Waals surface area (Å²) in [5, 5.41) is 0. The van der Waals surface area contributed by atoms with Gasteiger partial charge in [-0.25, -0.2) is 0 Å². The second-order valence-corrected chi connectivity index (χ2v) is 7.24. The first kappa shape index (κ1) is 21.5. The van der Waals surface area contributed by atoms with Crippen molar-refractivity contribution in [2.75, 3.05) is 19.7 Å². The number of hydrogen-bond donors (Lipinski definition) is 1. The molecular formula is C19H29ClN2O3. The van der Waals surface area contributed by atoms with Crippen molar-refractivity contribution in [2.45, 2.75) is 46.1 Å². The van der Waals surface area contributed by atoms with Crippen LogP contribution in [0.4, 0.5) is 0 Å². The second kappa shape index (κ2) is 9.20. The molecule has 0 aliphatic carbocycles. The number of carbonyl (C=O) groups excluding carboxylic acids is 2. The Labute approximate surface area is 156 Å². The van der Waals surface area contributed by atoms with E-state index in [2.05, 4.69) is 13.8 Å². The number of Topliss-reactive ketones (excluding diaryl/α,β-unsaturated/α-hetero) is 1. The minimum absolute atomic E-state index is 0. The normalized spacial score (nSPS) is 19.0. The number of piperidine rings is 1. The standard InChI is InChI=1S/C19H28N2O3.ClH/c1-14(22)15-6-4-7-16(12-15)24-11-5-8-18(23)21-10-9-17(20)19(2,3)13-21;/h4,6-7,12,17H,5,8-11,13,20H2,1-3H3;1H. The molecule has 25 heavy (non-hydrogen) atoms. The minimum atomic E-state index is -0.0302. The summed E-state index contributed by atoms with van der Waals surface area (Å²) in [6, 6.07) is 7.28. The van der Waals surface area contributed by atoms with Crippen molar-refractivity contribution >= 4 is 24.1 Å². The van der Waals surface area contributed by atoms with Crippen LogP contribution in [-0.4, -0.2) is 42.3 Å². The molecule has 1 amide bonds. The van der Waals surface area contributed by atoms with E-state index >= 15 is 0 Å². The van der Waals surface area contributed by atoms with Crippen LogP contribution in [0, 0.1) is 5.41 Å². The van der Waals surface area contributed by atoms with Gasteiger partial charge < -0.3 is 15.4 Å². The van der Waals surface area contributed by atoms with Crippen molar-refractivity contribution in [1.82, 2.24) is 4.90 Å². The first-order valence-corrected chi connectivity index (χ1v) is 8.57. The maximum atomic E-state index is 12.3. The number of likely N-dealkylation sites (tertiary alicyclic amines) is 1. The third-order valence-corrected chi connectivity index (χ3v) is 4.71. The van der Waals surface area contributed by atoms with Crippen molar-refractivity contribution in [3.63, 3.8) is 0 Å². The summed E-state index contributed by atoms with van der Waals surface area (Å²) in [5.74, 6) is 0.845. The summed E-state index contributed by atoms with van der Waals surface area (Å²) in [4.78, 5) is 25.6. The van der Waals surface area contributed by atoms with Crippen molar-refractivity contribution in [2.24, 2.45) is 11.1 Å². The van der Waals surface area contributed by atoms with Gasteiger partial charge in [-0.15, -0.1) is 12.4 Å². The molecule has 2 rings (SSSR count). The van der Waals surface area contributed by atoms with Gasteiger partial charge in [-0.3, -0.25) is 9.59 Å². The van der Waals surface area contributed by atoms with E-state index in [4.69, 9.17) is 10.5 Å².